The second-order valence-electron chi connectivity index (χ2n) is 2.66. The van der Waals surface area contributed by atoms with Crippen molar-refractivity contribution < 1.29 is 13.9 Å². The Labute approximate surface area is 84.5 Å². The average molecular weight is 223 g/mol. The molecular weight excluding hydrogens is 214 g/mol. The van der Waals surface area contributed by atoms with Gasteiger partial charge in [-0.1, -0.05) is 0 Å². The number of rotatable bonds is 3. The molecule has 0 saturated carbocycles. The van der Waals surface area contributed by atoms with Crippen LogP contribution in [0.5, 0.6) is 0 Å². The van der Waals surface area contributed by atoms with Gasteiger partial charge in [0.2, 0.25) is 0 Å². The number of aliphatic hydroxyl groups is 1. The first kappa shape index (κ1) is 11.1. The van der Waals surface area contributed by atoms with E-state index in [0.717, 1.165) is 6.07 Å². The largest absolute Gasteiger partial charge is 0.392 e. The summed E-state index contributed by atoms with van der Waals surface area (Å²) in [4.78, 5) is 3.69. The summed E-state index contributed by atoms with van der Waals surface area (Å²) in [5.74, 6) is -0.0946. The second-order valence-corrected chi connectivity index (χ2v) is 2.93. The molecule has 3 N–H and O–H groups in total. The molecule has 0 spiro atoms. The van der Waals surface area contributed by atoms with Gasteiger partial charge in [-0.3, -0.25) is 0 Å². The van der Waals surface area contributed by atoms with Crippen LogP contribution in [-0.4, -0.2) is 10.1 Å². The molecule has 6 heteroatoms. The molecule has 0 fully saturated rings. The molecule has 1 heterocycles. The van der Waals surface area contributed by atoms with E-state index in [9.17, 15) is 8.78 Å². The highest BCUT2D eigenvalue weighted by atomic mass is 35.5. The van der Waals surface area contributed by atoms with Crippen molar-refractivity contribution in [1.29, 1.82) is 0 Å². The third-order valence-corrected chi connectivity index (χ3v) is 2.03. The Hall–Kier alpha value is -0.940. The van der Waals surface area contributed by atoms with Crippen LogP contribution in [0, 0.1) is 0 Å². The third kappa shape index (κ3) is 2.10. The highest BCUT2D eigenvalue weighted by Crippen LogP contribution is 2.26. The Balaban J connectivity index is 3.25. The molecule has 0 aromatic carbocycles. The molecular formula is C8H9ClF2N2O. The minimum absolute atomic E-state index is 0.0348. The summed E-state index contributed by atoms with van der Waals surface area (Å²) in [6.45, 7) is -0.416. The van der Waals surface area contributed by atoms with E-state index in [1.165, 1.54) is 0 Å². The highest BCUT2D eigenvalue weighted by Gasteiger charge is 2.16. The Morgan fingerprint density at radius 3 is 2.64 bits per heavy atom. The van der Waals surface area contributed by atoms with E-state index in [1.807, 2.05) is 0 Å². The fourth-order valence-electron chi connectivity index (χ4n) is 1.05. The van der Waals surface area contributed by atoms with E-state index in [1.54, 1.807) is 0 Å². The van der Waals surface area contributed by atoms with Crippen LogP contribution in [0.15, 0.2) is 6.07 Å². The molecule has 0 aliphatic heterocycles. The van der Waals surface area contributed by atoms with Gasteiger partial charge in [-0.2, -0.15) is 0 Å². The molecule has 14 heavy (non-hydrogen) atoms. The predicted molar refractivity (Wildman–Crippen MR) is 49.1 cm³/mol. The summed E-state index contributed by atoms with van der Waals surface area (Å²) in [6.07, 6.45) is -2.66. The van der Waals surface area contributed by atoms with E-state index in [2.05, 4.69) is 4.98 Å². The Bertz CT molecular complexity index is 333. The number of nitrogens with zero attached hydrogens (tertiary/aromatic N) is 1. The zero-order valence-corrected chi connectivity index (χ0v) is 7.93. The lowest BCUT2D eigenvalue weighted by Crippen LogP contribution is -2.05. The summed E-state index contributed by atoms with van der Waals surface area (Å²) in [6, 6.07) is 1.13. The molecule has 0 saturated heterocycles. The number of aromatic nitrogens is 1. The molecule has 0 radical (unpaired) electrons. The maximum absolute atomic E-state index is 12.4. The van der Waals surface area contributed by atoms with Crippen molar-refractivity contribution >= 4 is 17.4 Å². The molecule has 0 bridgehead atoms. The monoisotopic (exact) mass is 222 g/mol. The van der Waals surface area contributed by atoms with E-state index in [4.69, 9.17) is 22.4 Å². The number of aliphatic hydroxyl groups excluding tert-OH is 1. The van der Waals surface area contributed by atoms with Crippen molar-refractivity contribution in [2.24, 2.45) is 0 Å². The number of anilines is 1. The van der Waals surface area contributed by atoms with Gasteiger partial charge in [0.1, 0.15) is 5.82 Å². The van der Waals surface area contributed by atoms with Crippen LogP contribution in [0.4, 0.5) is 14.6 Å². The smallest absolute Gasteiger partial charge is 0.265 e. The van der Waals surface area contributed by atoms with Gasteiger partial charge in [-0.25, -0.2) is 13.8 Å². The Morgan fingerprint density at radius 2 is 2.21 bits per heavy atom. The first-order chi connectivity index (χ1) is 6.60. The topological polar surface area (TPSA) is 59.1 Å². The van der Waals surface area contributed by atoms with Crippen molar-refractivity contribution in [3.63, 3.8) is 0 Å². The maximum Gasteiger partial charge on any atom is 0.265 e. The van der Waals surface area contributed by atoms with Gasteiger partial charge in [0.15, 0.2) is 0 Å². The normalized spacial score (nSPS) is 10.9. The van der Waals surface area contributed by atoms with Gasteiger partial charge in [-0.15, -0.1) is 11.6 Å². The molecule has 78 valence electrons. The van der Waals surface area contributed by atoms with Crippen LogP contribution in [0.3, 0.4) is 0 Å². The van der Waals surface area contributed by atoms with Crippen LogP contribution in [0.2, 0.25) is 0 Å². The molecule has 3 nitrogen and oxygen atoms in total. The lowest BCUT2D eigenvalue weighted by Gasteiger charge is -2.09. The van der Waals surface area contributed by atoms with Crippen LogP contribution in [0.1, 0.15) is 23.2 Å². The van der Waals surface area contributed by atoms with E-state index >= 15 is 0 Å². The summed E-state index contributed by atoms with van der Waals surface area (Å²) in [5.41, 5.74) is 5.36. The number of halogens is 3. The SMILES string of the molecule is Nc1nc(CCl)c(C(F)F)cc1CO. The van der Waals surface area contributed by atoms with E-state index in [0.29, 0.717) is 0 Å². The second kappa shape index (κ2) is 4.52. The van der Waals surface area contributed by atoms with Crippen LogP contribution in [0.25, 0.3) is 0 Å². The van der Waals surface area contributed by atoms with Gasteiger partial charge < -0.3 is 10.8 Å². The highest BCUT2D eigenvalue weighted by molar-refractivity contribution is 6.17. The van der Waals surface area contributed by atoms with Crippen LogP contribution in [-0.2, 0) is 12.5 Å². The molecule has 0 atom stereocenters. The number of nitrogens with two attached hydrogens (primary N) is 1. The third-order valence-electron chi connectivity index (χ3n) is 1.78. The molecule has 0 unspecified atom stereocenters. The molecule has 0 amide bonds. The average Bonchev–Trinajstić information content (AvgIpc) is 2.16. The van der Waals surface area contributed by atoms with E-state index in [-0.39, 0.29) is 28.5 Å². The standard InChI is InChI=1S/C8H9ClF2N2O/c9-2-6-5(7(10)11)1-4(3-14)8(12)13-6/h1,7,14H,2-3H2,(H2,12,13). The minimum atomic E-state index is -2.66. The van der Waals surface area contributed by atoms with Crippen molar-refractivity contribution in [2.45, 2.75) is 18.9 Å². The van der Waals surface area contributed by atoms with Crippen molar-refractivity contribution in [3.05, 3.63) is 22.9 Å². The predicted octanol–water partition coefficient (Wildman–Crippen LogP) is 1.83. The summed E-state index contributed by atoms with van der Waals surface area (Å²) in [7, 11) is 0. The number of alkyl halides is 3. The van der Waals surface area contributed by atoms with Crippen molar-refractivity contribution in [1.82, 2.24) is 4.98 Å². The maximum atomic E-state index is 12.4. The van der Waals surface area contributed by atoms with Crippen LogP contribution >= 0.6 is 11.6 Å². The van der Waals surface area contributed by atoms with Gasteiger partial charge in [0.25, 0.3) is 6.43 Å². The molecule has 0 aliphatic carbocycles. The zero-order chi connectivity index (χ0) is 10.7. The number of hydrogen-bond donors (Lipinski definition) is 2. The Morgan fingerprint density at radius 1 is 1.57 bits per heavy atom. The summed E-state index contributed by atoms with van der Waals surface area (Å²) in [5, 5.41) is 8.79. The van der Waals surface area contributed by atoms with Gasteiger partial charge in [0, 0.05) is 11.1 Å². The van der Waals surface area contributed by atoms with Gasteiger partial charge >= 0.3 is 0 Å². The van der Waals surface area contributed by atoms with Crippen molar-refractivity contribution in [3.8, 4) is 0 Å². The lowest BCUT2D eigenvalue weighted by molar-refractivity contribution is 0.149. The first-order valence-corrected chi connectivity index (χ1v) is 4.36. The molecule has 0 aliphatic rings. The first-order valence-electron chi connectivity index (χ1n) is 3.83. The van der Waals surface area contributed by atoms with Crippen LogP contribution < -0.4 is 5.73 Å². The van der Waals surface area contributed by atoms with E-state index < -0.39 is 13.0 Å². The fraction of sp³-hybridized carbons (Fsp3) is 0.375. The lowest BCUT2D eigenvalue weighted by atomic mass is 10.1. The quantitative estimate of drug-likeness (QED) is 0.768. The molecule has 1 aromatic heterocycles. The summed E-state index contributed by atoms with van der Waals surface area (Å²) < 4.78 is 24.9. The zero-order valence-electron chi connectivity index (χ0n) is 7.17. The number of pyridine rings is 1. The molecule has 1 rings (SSSR count). The number of hydrogen-bond acceptors (Lipinski definition) is 3. The van der Waals surface area contributed by atoms with Crippen molar-refractivity contribution in [2.75, 3.05) is 5.73 Å². The van der Waals surface area contributed by atoms with Gasteiger partial charge in [-0.05, 0) is 6.07 Å². The molecule has 1 aromatic rings. The summed E-state index contributed by atoms with van der Waals surface area (Å²) >= 11 is 5.43. The fourth-order valence-corrected chi connectivity index (χ4v) is 1.26. The Kier molecular flexibility index (Phi) is 3.60. The minimum Gasteiger partial charge on any atom is -0.392 e. The number of nitrogen functional groups attached to an aromatic ring is 1. The van der Waals surface area contributed by atoms with Gasteiger partial charge in [0.05, 0.1) is 18.2 Å².